The molecule has 0 unspecified atom stereocenters. The molecule has 0 radical (unpaired) electrons. The molecule has 1 aliphatic rings. The van der Waals surface area contributed by atoms with Gasteiger partial charge in [-0.3, -0.25) is 4.90 Å². The average Bonchev–Trinajstić information content (AvgIpc) is 2.49. The van der Waals surface area contributed by atoms with E-state index in [1.807, 2.05) is 12.1 Å². The summed E-state index contributed by atoms with van der Waals surface area (Å²) in [4.78, 5) is 4.92. The highest BCUT2D eigenvalue weighted by atomic mass is 35.5. The second-order valence-corrected chi connectivity index (χ2v) is 5.67. The van der Waals surface area contributed by atoms with E-state index in [1.54, 1.807) is 0 Å². The number of benzene rings is 2. The largest absolute Gasteiger partial charge is 0.369 e. The first kappa shape index (κ1) is 13.5. The van der Waals surface area contributed by atoms with Crippen LogP contribution in [0.2, 0.25) is 5.02 Å². The first-order valence-electron chi connectivity index (χ1n) is 7.08. The zero-order valence-corrected chi connectivity index (χ0v) is 12.3. The molecule has 0 bridgehead atoms. The fraction of sp³-hybridized carbons (Fsp3) is 0.294. The van der Waals surface area contributed by atoms with Crippen LogP contribution in [0.4, 0.5) is 5.69 Å². The number of nitrogens with zero attached hydrogens (tertiary/aromatic N) is 2. The van der Waals surface area contributed by atoms with Gasteiger partial charge in [-0.05, 0) is 23.8 Å². The minimum Gasteiger partial charge on any atom is -0.369 e. The summed E-state index contributed by atoms with van der Waals surface area (Å²) in [5.41, 5.74) is 2.63. The summed E-state index contributed by atoms with van der Waals surface area (Å²) < 4.78 is 0. The smallest absolute Gasteiger partial charge is 0.0426 e. The van der Waals surface area contributed by atoms with Crippen molar-refractivity contribution in [2.75, 3.05) is 31.1 Å². The molecule has 0 atom stereocenters. The highest BCUT2D eigenvalue weighted by Crippen LogP contribution is 2.21. The predicted molar refractivity (Wildman–Crippen MR) is 85.4 cm³/mol. The fourth-order valence-corrected chi connectivity index (χ4v) is 2.86. The van der Waals surface area contributed by atoms with Gasteiger partial charge in [-0.15, -0.1) is 0 Å². The summed E-state index contributed by atoms with van der Waals surface area (Å²) in [5, 5.41) is 0.814. The van der Waals surface area contributed by atoms with Gasteiger partial charge in [-0.2, -0.15) is 0 Å². The topological polar surface area (TPSA) is 6.48 Å². The van der Waals surface area contributed by atoms with Gasteiger partial charge in [0.1, 0.15) is 0 Å². The number of halogens is 1. The van der Waals surface area contributed by atoms with Gasteiger partial charge in [0.15, 0.2) is 0 Å². The number of hydrogen-bond acceptors (Lipinski definition) is 2. The van der Waals surface area contributed by atoms with Crippen LogP contribution in [0.15, 0.2) is 54.6 Å². The summed E-state index contributed by atoms with van der Waals surface area (Å²) in [7, 11) is 0. The van der Waals surface area contributed by atoms with Crippen molar-refractivity contribution >= 4 is 17.3 Å². The Morgan fingerprint density at radius 2 is 1.60 bits per heavy atom. The Kier molecular flexibility index (Phi) is 4.24. The lowest BCUT2D eigenvalue weighted by atomic mass is 10.2. The van der Waals surface area contributed by atoms with E-state index in [4.69, 9.17) is 11.6 Å². The monoisotopic (exact) mass is 286 g/mol. The number of piperazine rings is 1. The maximum absolute atomic E-state index is 6.06. The lowest BCUT2D eigenvalue weighted by Gasteiger charge is -2.36. The van der Waals surface area contributed by atoms with E-state index in [0.29, 0.717) is 0 Å². The molecule has 0 aliphatic carbocycles. The second kappa shape index (κ2) is 6.29. The van der Waals surface area contributed by atoms with Crippen LogP contribution >= 0.6 is 11.6 Å². The van der Waals surface area contributed by atoms with Crippen molar-refractivity contribution in [3.63, 3.8) is 0 Å². The van der Waals surface area contributed by atoms with Crippen LogP contribution in [0, 0.1) is 0 Å². The lowest BCUT2D eigenvalue weighted by Crippen LogP contribution is -2.45. The van der Waals surface area contributed by atoms with Gasteiger partial charge in [0.2, 0.25) is 0 Å². The van der Waals surface area contributed by atoms with Crippen molar-refractivity contribution < 1.29 is 0 Å². The third-order valence-corrected chi connectivity index (χ3v) is 4.03. The number of anilines is 1. The normalized spacial score (nSPS) is 16.4. The van der Waals surface area contributed by atoms with Gasteiger partial charge in [0, 0.05) is 43.4 Å². The van der Waals surface area contributed by atoms with Gasteiger partial charge >= 0.3 is 0 Å². The van der Waals surface area contributed by atoms with Crippen molar-refractivity contribution in [3.8, 4) is 0 Å². The van der Waals surface area contributed by atoms with Crippen LogP contribution in [0.1, 0.15) is 5.56 Å². The van der Waals surface area contributed by atoms with Crippen LogP contribution in [-0.4, -0.2) is 31.1 Å². The van der Waals surface area contributed by atoms with Gasteiger partial charge in [-0.1, -0.05) is 48.0 Å². The van der Waals surface area contributed by atoms with E-state index in [9.17, 15) is 0 Å². The Morgan fingerprint density at radius 1 is 0.850 bits per heavy atom. The molecule has 1 heterocycles. The molecule has 104 valence electrons. The Hall–Kier alpha value is -1.51. The zero-order chi connectivity index (χ0) is 13.8. The van der Waals surface area contributed by atoms with Gasteiger partial charge < -0.3 is 4.90 Å². The average molecular weight is 287 g/mol. The van der Waals surface area contributed by atoms with Crippen molar-refractivity contribution in [1.29, 1.82) is 0 Å². The molecule has 3 heteroatoms. The summed E-state index contributed by atoms with van der Waals surface area (Å²) in [5.74, 6) is 0. The molecule has 1 saturated heterocycles. The van der Waals surface area contributed by atoms with Crippen LogP contribution < -0.4 is 4.90 Å². The molecule has 3 rings (SSSR count). The Bertz CT molecular complexity index is 548. The molecular weight excluding hydrogens is 268 g/mol. The van der Waals surface area contributed by atoms with Crippen LogP contribution in [0.25, 0.3) is 0 Å². The molecule has 1 fully saturated rings. The minimum absolute atomic E-state index is 0.814. The third kappa shape index (κ3) is 3.33. The van der Waals surface area contributed by atoms with Crippen LogP contribution in [-0.2, 0) is 6.54 Å². The summed E-state index contributed by atoms with van der Waals surface area (Å²) in [6, 6.07) is 18.8. The lowest BCUT2D eigenvalue weighted by molar-refractivity contribution is 0.250. The van der Waals surface area contributed by atoms with Crippen LogP contribution in [0.5, 0.6) is 0 Å². The summed E-state index contributed by atoms with van der Waals surface area (Å²) in [6.07, 6.45) is 0. The first-order valence-corrected chi connectivity index (χ1v) is 7.46. The molecule has 0 amide bonds. The van der Waals surface area contributed by atoms with E-state index in [-0.39, 0.29) is 0 Å². The van der Waals surface area contributed by atoms with E-state index in [0.717, 1.165) is 37.7 Å². The minimum atomic E-state index is 0.814. The maximum Gasteiger partial charge on any atom is 0.0426 e. The highest BCUT2D eigenvalue weighted by molar-refractivity contribution is 6.30. The zero-order valence-electron chi connectivity index (χ0n) is 11.5. The summed E-state index contributed by atoms with van der Waals surface area (Å²) in [6.45, 7) is 5.37. The summed E-state index contributed by atoms with van der Waals surface area (Å²) >= 11 is 6.06. The standard InChI is InChI=1S/C17H19ClN2/c18-16-7-4-8-17(13-16)20-11-9-19(10-12-20)14-15-5-2-1-3-6-15/h1-8,13H,9-12,14H2. The first-order chi connectivity index (χ1) is 9.81. The second-order valence-electron chi connectivity index (χ2n) is 5.23. The van der Waals surface area contributed by atoms with Crippen molar-refractivity contribution in [2.24, 2.45) is 0 Å². The van der Waals surface area contributed by atoms with Gasteiger partial charge in [0.25, 0.3) is 0 Å². The highest BCUT2D eigenvalue weighted by Gasteiger charge is 2.17. The molecule has 0 spiro atoms. The molecule has 20 heavy (non-hydrogen) atoms. The molecule has 0 saturated carbocycles. The Labute approximate surface area is 125 Å². The van der Waals surface area contributed by atoms with E-state index in [2.05, 4.69) is 52.3 Å². The third-order valence-electron chi connectivity index (χ3n) is 3.79. The van der Waals surface area contributed by atoms with Crippen molar-refractivity contribution in [1.82, 2.24) is 4.90 Å². The molecule has 2 nitrogen and oxygen atoms in total. The molecule has 0 aromatic heterocycles. The Morgan fingerprint density at radius 3 is 2.30 bits per heavy atom. The fourth-order valence-electron chi connectivity index (χ4n) is 2.68. The Balaban J connectivity index is 1.57. The van der Waals surface area contributed by atoms with Crippen molar-refractivity contribution in [3.05, 3.63) is 65.2 Å². The number of hydrogen-bond donors (Lipinski definition) is 0. The van der Waals surface area contributed by atoms with Crippen LogP contribution in [0.3, 0.4) is 0 Å². The molecule has 1 aliphatic heterocycles. The van der Waals surface area contributed by atoms with Crippen molar-refractivity contribution in [2.45, 2.75) is 6.54 Å². The maximum atomic E-state index is 6.06. The predicted octanol–water partition coefficient (Wildman–Crippen LogP) is 3.66. The molecule has 2 aromatic carbocycles. The van der Waals surface area contributed by atoms with Gasteiger partial charge in [-0.25, -0.2) is 0 Å². The SMILES string of the molecule is Clc1cccc(N2CCN(Cc3ccccc3)CC2)c1. The van der Waals surface area contributed by atoms with E-state index in [1.165, 1.54) is 11.3 Å². The molecular formula is C17H19ClN2. The molecule has 2 aromatic rings. The van der Waals surface area contributed by atoms with E-state index >= 15 is 0 Å². The number of rotatable bonds is 3. The molecule has 0 N–H and O–H groups in total. The quantitative estimate of drug-likeness (QED) is 0.850. The van der Waals surface area contributed by atoms with E-state index < -0.39 is 0 Å². The van der Waals surface area contributed by atoms with Gasteiger partial charge in [0.05, 0.1) is 0 Å².